The summed E-state index contributed by atoms with van der Waals surface area (Å²) in [6.45, 7) is 4.28. The molecule has 5 heteroatoms. The van der Waals surface area contributed by atoms with Crippen molar-refractivity contribution >= 4 is 38.5 Å². The Kier molecular flexibility index (Phi) is 5.73. The molecule has 2 aromatic rings. The Hall–Kier alpha value is -0.530. The van der Waals surface area contributed by atoms with Crippen molar-refractivity contribution in [3.63, 3.8) is 0 Å². The van der Waals surface area contributed by atoms with Gasteiger partial charge in [-0.25, -0.2) is 8.78 Å². The highest BCUT2D eigenvalue weighted by atomic mass is 127. The first-order chi connectivity index (χ1) is 9.93. The van der Waals surface area contributed by atoms with E-state index in [1.807, 2.05) is 25.1 Å². The van der Waals surface area contributed by atoms with Crippen LogP contribution in [0.1, 0.15) is 29.7 Å². The van der Waals surface area contributed by atoms with Crippen LogP contribution in [0.4, 0.5) is 8.78 Å². The molecule has 0 spiro atoms. The van der Waals surface area contributed by atoms with Crippen molar-refractivity contribution in [2.75, 3.05) is 6.54 Å². The zero-order chi connectivity index (χ0) is 15.6. The maximum Gasteiger partial charge on any atom is 0.131 e. The van der Waals surface area contributed by atoms with Gasteiger partial charge in [0.2, 0.25) is 0 Å². The van der Waals surface area contributed by atoms with E-state index in [-0.39, 0.29) is 6.04 Å². The van der Waals surface area contributed by atoms with Gasteiger partial charge >= 0.3 is 0 Å². The van der Waals surface area contributed by atoms with Crippen molar-refractivity contribution in [3.8, 4) is 0 Å². The molecule has 0 radical (unpaired) electrons. The Morgan fingerprint density at radius 1 is 1.14 bits per heavy atom. The number of benzene rings is 2. The summed E-state index contributed by atoms with van der Waals surface area (Å²) >= 11 is 5.74. The molecule has 0 aromatic heterocycles. The molecule has 0 aliphatic heterocycles. The second-order valence-corrected chi connectivity index (χ2v) is 6.88. The molecule has 0 heterocycles. The molecule has 1 atom stereocenters. The first-order valence-corrected chi connectivity index (χ1v) is 8.45. The molecule has 2 rings (SSSR count). The summed E-state index contributed by atoms with van der Waals surface area (Å²) < 4.78 is 29.7. The highest BCUT2D eigenvalue weighted by Gasteiger charge is 2.21. The molecular formula is C16H15BrF2IN. The Balaban J connectivity index is 2.58. The molecule has 1 N–H and O–H groups in total. The van der Waals surface area contributed by atoms with Crippen molar-refractivity contribution in [1.82, 2.24) is 5.32 Å². The molecule has 1 unspecified atom stereocenters. The first kappa shape index (κ1) is 16.8. The standard InChI is InChI=1S/C16H15BrF2IN/c1-3-21-16(11-7-10(20)4-5-13(11)17)12-6-9(2)14(18)8-15(12)19/h4-8,16,21H,3H2,1-2H3. The summed E-state index contributed by atoms with van der Waals surface area (Å²) in [5, 5.41) is 3.27. The quantitative estimate of drug-likeness (QED) is 0.601. The van der Waals surface area contributed by atoms with E-state index in [1.54, 1.807) is 13.0 Å². The van der Waals surface area contributed by atoms with E-state index in [9.17, 15) is 8.78 Å². The monoisotopic (exact) mass is 465 g/mol. The van der Waals surface area contributed by atoms with Crippen molar-refractivity contribution in [2.24, 2.45) is 0 Å². The van der Waals surface area contributed by atoms with E-state index >= 15 is 0 Å². The molecule has 21 heavy (non-hydrogen) atoms. The van der Waals surface area contributed by atoms with E-state index < -0.39 is 11.6 Å². The Bertz CT molecular complexity index is 661. The van der Waals surface area contributed by atoms with Gasteiger partial charge in [-0.15, -0.1) is 0 Å². The molecule has 0 amide bonds. The SMILES string of the molecule is CCNC(c1cc(C)c(F)cc1F)c1cc(I)ccc1Br. The van der Waals surface area contributed by atoms with Gasteiger partial charge in [0.25, 0.3) is 0 Å². The number of aryl methyl sites for hydroxylation is 1. The molecule has 0 saturated carbocycles. The lowest BCUT2D eigenvalue weighted by molar-refractivity contribution is 0.537. The van der Waals surface area contributed by atoms with Crippen LogP contribution in [0.3, 0.4) is 0 Å². The minimum Gasteiger partial charge on any atom is -0.306 e. The normalized spacial score (nSPS) is 12.5. The van der Waals surface area contributed by atoms with Gasteiger partial charge in [0.1, 0.15) is 11.6 Å². The summed E-state index contributed by atoms with van der Waals surface area (Å²) in [4.78, 5) is 0. The van der Waals surface area contributed by atoms with Gasteiger partial charge in [-0.3, -0.25) is 0 Å². The van der Waals surface area contributed by atoms with E-state index in [4.69, 9.17) is 0 Å². The Morgan fingerprint density at radius 3 is 2.52 bits per heavy atom. The minimum absolute atomic E-state index is 0.321. The first-order valence-electron chi connectivity index (χ1n) is 6.58. The number of hydrogen-bond donors (Lipinski definition) is 1. The Labute approximate surface area is 145 Å². The number of nitrogens with one attached hydrogen (secondary N) is 1. The third kappa shape index (κ3) is 3.81. The lowest BCUT2D eigenvalue weighted by Gasteiger charge is -2.22. The van der Waals surface area contributed by atoms with Crippen LogP contribution in [0.2, 0.25) is 0 Å². The van der Waals surface area contributed by atoms with Gasteiger partial charge in [-0.2, -0.15) is 0 Å². The van der Waals surface area contributed by atoms with Crippen LogP contribution in [-0.4, -0.2) is 6.54 Å². The topological polar surface area (TPSA) is 12.0 Å². The highest BCUT2D eigenvalue weighted by molar-refractivity contribution is 14.1. The lowest BCUT2D eigenvalue weighted by Crippen LogP contribution is -2.23. The van der Waals surface area contributed by atoms with Gasteiger partial charge in [0, 0.05) is 19.7 Å². The third-order valence-corrected chi connectivity index (χ3v) is 4.66. The smallest absolute Gasteiger partial charge is 0.131 e. The van der Waals surface area contributed by atoms with Gasteiger partial charge in [-0.1, -0.05) is 22.9 Å². The molecule has 0 bridgehead atoms. The predicted octanol–water partition coefficient (Wildman–Crippen LogP) is 5.34. The molecule has 1 nitrogen and oxygen atoms in total. The summed E-state index contributed by atoms with van der Waals surface area (Å²) in [6.07, 6.45) is 0. The fourth-order valence-corrected chi connectivity index (χ4v) is 3.22. The predicted molar refractivity (Wildman–Crippen MR) is 93.5 cm³/mol. The van der Waals surface area contributed by atoms with Gasteiger partial charge in [-0.05, 0) is 71.5 Å². The van der Waals surface area contributed by atoms with Crippen LogP contribution in [0.5, 0.6) is 0 Å². The fraction of sp³-hybridized carbons (Fsp3) is 0.250. The Morgan fingerprint density at radius 2 is 1.86 bits per heavy atom. The van der Waals surface area contributed by atoms with E-state index in [1.165, 1.54) is 0 Å². The zero-order valence-electron chi connectivity index (χ0n) is 11.7. The van der Waals surface area contributed by atoms with Crippen LogP contribution in [-0.2, 0) is 0 Å². The fourth-order valence-electron chi connectivity index (χ4n) is 2.23. The van der Waals surface area contributed by atoms with Crippen molar-refractivity contribution < 1.29 is 8.78 Å². The molecule has 0 aliphatic carbocycles. The average Bonchev–Trinajstić information content (AvgIpc) is 2.43. The maximum absolute atomic E-state index is 14.2. The second kappa shape index (κ2) is 7.15. The summed E-state index contributed by atoms with van der Waals surface area (Å²) in [7, 11) is 0. The summed E-state index contributed by atoms with van der Waals surface area (Å²) in [5.41, 5.74) is 1.84. The second-order valence-electron chi connectivity index (χ2n) is 4.78. The van der Waals surface area contributed by atoms with Crippen LogP contribution in [0.25, 0.3) is 0 Å². The van der Waals surface area contributed by atoms with Gasteiger partial charge in [0.05, 0.1) is 6.04 Å². The molecular weight excluding hydrogens is 451 g/mol. The average molecular weight is 466 g/mol. The minimum atomic E-state index is -0.533. The third-order valence-electron chi connectivity index (χ3n) is 3.27. The van der Waals surface area contributed by atoms with Crippen LogP contribution in [0.15, 0.2) is 34.8 Å². The zero-order valence-corrected chi connectivity index (χ0v) is 15.4. The molecule has 0 aliphatic rings. The molecule has 0 saturated heterocycles. The maximum atomic E-state index is 14.2. The summed E-state index contributed by atoms with van der Waals surface area (Å²) in [6, 6.07) is 8.12. The van der Waals surface area contributed by atoms with Crippen LogP contribution in [0, 0.1) is 22.1 Å². The van der Waals surface area contributed by atoms with E-state index in [2.05, 4.69) is 43.8 Å². The molecule has 0 fully saturated rings. The van der Waals surface area contributed by atoms with Crippen molar-refractivity contribution in [2.45, 2.75) is 19.9 Å². The van der Waals surface area contributed by atoms with Crippen LogP contribution < -0.4 is 5.32 Å². The van der Waals surface area contributed by atoms with Crippen molar-refractivity contribution in [1.29, 1.82) is 0 Å². The number of hydrogen-bond acceptors (Lipinski definition) is 1. The van der Waals surface area contributed by atoms with E-state index in [0.29, 0.717) is 17.7 Å². The molecule has 2 aromatic carbocycles. The lowest BCUT2D eigenvalue weighted by atomic mass is 9.96. The van der Waals surface area contributed by atoms with E-state index in [0.717, 1.165) is 19.7 Å². The number of halogens is 4. The number of rotatable bonds is 4. The summed E-state index contributed by atoms with van der Waals surface area (Å²) in [5.74, 6) is -1.05. The highest BCUT2D eigenvalue weighted by Crippen LogP contribution is 2.32. The van der Waals surface area contributed by atoms with Gasteiger partial charge in [0.15, 0.2) is 0 Å². The van der Waals surface area contributed by atoms with Crippen LogP contribution >= 0.6 is 38.5 Å². The van der Waals surface area contributed by atoms with Gasteiger partial charge < -0.3 is 5.32 Å². The molecule has 112 valence electrons. The largest absolute Gasteiger partial charge is 0.306 e. The van der Waals surface area contributed by atoms with Crippen molar-refractivity contribution in [3.05, 3.63) is 66.7 Å².